The lowest BCUT2D eigenvalue weighted by Gasteiger charge is -2.16. The van der Waals surface area contributed by atoms with Gasteiger partial charge in [0.25, 0.3) is 0 Å². The van der Waals surface area contributed by atoms with Crippen LogP contribution in [0.15, 0.2) is 24.3 Å². The monoisotopic (exact) mass is 266 g/mol. The second-order valence-electron chi connectivity index (χ2n) is 4.86. The third-order valence-corrected chi connectivity index (χ3v) is 3.65. The Hall–Kier alpha value is -1.06. The molecular formula is C14H19ClN2O. The molecule has 98 valence electrons. The quantitative estimate of drug-likeness (QED) is 0.904. The molecule has 2 rings (SSSR count). The molecular weight excluding hydrogens is 248 g/mol. The zero-order valence-corrected chi connectivity index (χ0v) is 11.4. The lowest BCUT2D eigenvalue weighted by Crippen LogP contribution is -2.31. The third-order valence-electron chi connectivity index (χ3n) is 3.40. The van der Waals surface area contributed by atoms with Crippen LogP contribution < -0.4 is 5.32 Å². The van der Waals surface area contributed by atoms with Gasteiger partial charge in [-0.2, -0.15) is 0 Å². The summed E-state index contributed by atoms with van der Waals surface area (Å²) in [6.07, 6.45) is 1.58. The average molecular weight is 267 g/mol. The summed E-state index contributed by atoms with van der Waals surface area (Å²) in [4.78, 5) is 14.1. The molecule has 1 fully saturated rings. The number of carbonyl (C=O) groups is 1. The Bertz CT molecular complexity index is 405. The van der Waals surface area contributed by atoms with Crippen LogP contribution in [-0.4, -0.2) is 37.5 Å². The number of benzene rings is 1. The first-order chi connectivity index (χ1) is 8.69. The molecule has 1 aliphatic heterocycles. The van der Waals surface area contributed by atoms with Gasteiger partial charge in [-0.25, -0.2) is 0 Å². The minimum absolute atomic E-state index is 0.218. The molecule has 1 amide bonds. The molecule has 0 saturated carbocycles. The van der Waals surface area contributed by atoms with Crippen molar-refractivity contribution in [2.45, 2.75) is 12.8 Å². The van der Waals surface area contributed by atoms with Crippen molar-refractivity contribution in [2.75, 3.05) is 26.7 Å². The molecule has 1 aromatic carbocycles. The summed E-state index contributed by atoms with van der Waals surface area (Å²) in [7, 11) is 1.96. The fourth-order valence-corrected chi connectivity index (χ4v) is 2.53. The topological polar surface area (TPSA) is 32.3 Å². The van der Waals surface area contributed by atoms with Crippen LogP contribution in [0.5, 0.6) is 0 Å². The van der Waals surface area contributed by atoms with E-state index >= 15 is 0 Å². The number of carbonyl (C=O) groups excluding carboxylic acids is 1. The maximum atomic E-state index is 12.1. The van der Waals surface area contributed by atoms with Crippen molar-refractivity contribution in [2.24, 2.45) is 5.92 Å². The minimum Gasteiger partial charge on any atom is -0.342 e. The molecule has 1 aromatic rings. The summed E-state index contributed by atoms with van der Waals surface area (Å²) < 4.78 is 0. The molecule has 4 heteroatoms. The van der Waals surface area contributed by atoms with E-state index in [-0.39, 0.29) is 5.91 Å². The van der Waals surface area contributed by atoms with Crippen LogP contribution in [0.1, 0.15) is 12.0 Å². The second kappa shape index (κ2) is 6.21. The van der Waals surface area contributed by atoms with E-state index in [1.807, 2.05) is 36.2 Å². The summed E-state index contributed by atoms with van der Waals surface area (Å²) in [5, 5.41) is 3.88. The Morgan fingerprint density at radius 3 is 2.83 bits per heavy atom. The van der Waals surface area contributed by atoms with Crippen LogP contribution in [0.2, 0.25) is 5.02 Å². The van der Waals surface area contributed by atoms with Crippen LogP contribution in [0, 0.1) is 5.92 Å². The highest BCUT2D eigenvalue weighted by Gasteiger charge is 2.25. The lowest BCUT2D eigenvalue weighted by molar-refractivity contribution is -0.129. The molecule has 1 saturated heterocycles. The first-order valence-corrected chi connectivity index (χ1v) is 6.73. The average Bonchev–Trinajstić information content (AvgIpc) is 2.81. The molecule has 1 heterocycles. The predicted octanol–water partition coefficient (Wildman–Crippen LogP) is 1.95. The molecule has 0 spiro atoms. The zero-order valence-electron chi connectivity index (χ0n) is 10.7. The van der Waals surface area contributed by atoms with Crippen LogP contribution in [0.25, 0.3) is 0 Å². The van der Waals surface area contributed by atoms with Gasteiger partial charge in [-0.3, -0.25) is 4.79 Å². The maximum Gasteiger partial charge on any atom is 0.226 e. The molecule has 1 N–H and O–H groups in total. The van der Waals surface area contributed by atoms with E-state index in [0.717, 1.165) is 31.6 Å². The highest BCUT2D eigenvalue weighted by Crippen LogP contribution is 2.17. The van der Waals surface area contributed by atoms with Crippen LogP contribution in [-0.2, 0) is 11.2 Å². The number of halogens is 1. The Kier molecular flexibility index (Phi) is 4.61. The smallest absolute Gasteiger partial charge is 0.226 e. The molecule has 0 aliphatic carbocycles. The van der Waals surface area contributed by atoms with Crippen LogP contribution >= 0.6 is 11.6 Å². The summed E-state index contributed by atoms with van der Waals surface area (Å²) in [6, 6.07) is 7.50. The van der Waals surface area contributed by atoms with Gasteiger partial charge in [-0.05, 0) is 43.6 Å². The highest BCUT2D eigenvalue weighted by atomic mass is 35.5. The first kappa shape index (κ1) is 13.4. The van der Waals surface area contributed by atoms with Crippen molar-refractivity contribution in [1.82, 2.24) is 10.2 Å². The largest absolute Gasteiger partial charge is 0.342 e. The minimum atomic E-state index is 0.218. The summed E-state index contributed by atoms with van der Waals surface area (Å²) >= 11 is 5.83. The van der Waals surface area contributed by atoms with E-state index in [9.17, 15) is 4.79 Å². The van der Waals surface area contributed by atoms with Gasteiger partial charge in [0, 0.05) is 18.1 Å². The second-order valence-corrected chi connectivity index (χ2v) is 5.29. The van der Waals surface area contributed by atoms with Gasteiger partial charge in [-0.15, -0.1) is 0 Å². The summed E-state index contributed by atoms with van der Waals surface area (Å²) in [5.41, 5.74) is 1.03. The van der Waals surface area contributed by atoms with Crippen molar-refractivity contribution in [3.8, 4) is 0 Å². The molecule has 1 aliphatic rings. The van der Waals surface area contributed by atoms with E-state index in [4.69, 9.17) is 11.6 Å². The van der Waals surface area contributed by atoms with E-state index in [1.54, 1.807) is 0 Å². The number of hydrogen-bond acceptors (Lipinski definition) is 2. The van der Waals surface area contributed by atoms with E-state index < -0.39 is 0 Å². The van der Waals surface area contributed by atoms with Gasteiger partial charge in [-0.1, -0.05) is 23.7 Å². The first-order valence-electron chi connectivity index (χ1n) is 6.36. The number of hydrogen-bond donors (Lipinski definition) is 1. The zero-order chi connectivity index (χ0) is 13.0. The number of nitrogens with one attached hydrogen (secondary N) is 1. The van der Waals surface area contributed by atoms with E-state index in [1.165, 1.54) is 0 Å². The van der Waals surface area contributed by atoms with E-state index in [0.29, 0.717) is 17.4 Å². The Morgan fingerprint density at radius 1 is 1.44 bits per heavy atom. The lowest BCUT2D eigenvalue weighted by atomic mass is 10.1. The summed E-state index contributed by atoms with van der Waals surface area (Å²) in [5.74, 6) is 0.820. The third kappa shape index (κ3) is 3.47. The number of likely N-dealkylation sites (tertiary alicyclic amines) is 1. The van der Waals surface area contributed by atoms with Gasteiger partial charge in [0.05, 0.1) is 6.42 Å². The van der Waals surface area contributed by atoms with Crippen LogP contribution in [0.4, 0.5) is 0 Å². The van der Waals surface area contributed by atoms with Crippen LogP contribution in [0.3, 0.4) is 0 Å². The Labute approximate surface area is 113 Å². The van der Waals surface area contributed by atoms with Crippen molar-refractivity contribution in [3.63, 3.8) is 0 Å². The Morgan fingerprint density at radius 2 is 2.17 bits per heavy atom. The molecule has 0 unspecified atom stereocenters. The molecule has 0 radical (unpaired) electrons. The van der Waals surface area contributed by atoms with Crippen molar-refractivity contribution in [3.05, 3.63) is 34.9 Å². The standard InChI is InChI=1S/C14H19ClN2O/c1-16-9-12-6-7-17(10-12)14(18)8-11-2-4-13(15)5-3-11/h2-5,12,16H,6-10H2,1H3/t12-/m0/s1. The van der Waals surface area contributed by atoms with Gasteiger partial charge in [0.1, 0.15) is 0 Å². The predicted molar refractivity (Wildman–Crippen MR) is 73.8 cm³/mol. The number of nitrogens with zero attached hydrogens (tertiary/aromatic N) is 1. The van der Waals surface area contributed by atoms with Gasteiger partial charge in [0.15, 0.2) is 0 Å². The SMILES string of the molecule is CNC[C@@H]1CCN(C(=O)Cc2ccc(Cl)cc2)C1. The molecule has 18 heavy (non-hydrogen) atoms. The maximum absolute atomic E-state index is 12.1. The van der Waals surface area contributed by atoms with Crippen molar-refractivity contribution >= 4 is 17.5 Å². The fraction of sp³-hybridized carbons (Fsp3) is 0.500. The fourth-order valence-electron chi connectivity index (χ4n) is 2.40. The number of rotatable bonds is 4. The molecule has 1 atom stereocenters. The van der Waals surface area contributed by atoms with E-state index in [2.05, 4.69) is 5.32 Å². The van der Waals surface area contributed by atoms with Gasteiger partial charge in [0.2, 0.25) is 5.91 Å². The Balaban J connectivity index is 1.87. The number of amides is 1. The van der Waals surface area contributed by atoms with Gasteiger partial charge < -0.3 is 10.2 Å². The molecule has 0 aromatic heterocycles. The van der Waals surface area contributed by atoms with Crippen molar-refractivity contribution < 1.29 is 4.79 Å². The van der Waals surface area contributed by atoms with Crippen molar-refractivity contribution in [1.29, 1.82) is 0 Å². The molecule has 3 nitrogen and oxygen atoms in total. The molecule has 0 bridgehead atoms. The normalized spacial score (nSPS) is 19.2. The summed E-state index contributed by atoms with van der Waals surface area (Å²) in [6.45, 7) is 2.76. The van der Waals surface area contributed by atoms with Gasteiger partial charge >= 0.3 is 0 Å². The highest BCUT2D eigenvalue weighted by molar-refractivity contribution is 6.30.